The van der Waals surface area contributed by atoms with Gasteiger partial charge in [-0.2, -0.15) is 0 Å². The summed E-state index contributed by atoms with van der Waals surface area (Å²) in [5.74, 6) is 0.964. The highest BCUT2D eigenvalue weighted by atomic mass is 79.9. The van der Waals surface area contributed by atoms with E-state index in [0.29, 0.717) is 0 Å². The smallest absolute Gasteiger partial charge is 0.111 e. The molecular formula is C17H13Br3N2. The van der Waals surface area contributed by atoms with Crippen LogP contribution in [0.4, 0.5) is 0 Å². The van der Waals surface area contributed by atoms with E-state index in [1.165, 1.54) is 5.56 Å². The first-order valence-corrected chi connectivity index (χ1v) is 9.17. The van der Waals surface area contributed by atoms with Crippen molar-refractivity contribution in [3.8, 4) is 11.3 Å². The quantitative estimate of drug-likeness (QED) is 0.436. The SMILES string of the molecule is Cc1[nH]c(Cc2cc(Br)c(Br)cc2Br)nc1-c1ccccc1. The number of aromatic amines is 1. The van der Waals surface area contributed by atoms with E-state index in [1.807, 2.05) is 24.3 Å². The molecule has 0 atom stereocenters. The third-order valence-electron chi connectivity index (χ3n) is 3.43. The zero-order valence-electron chi connectivity index (χ0n) is 11.8. The Hall–Kier alpha value is -0.910. The first-order chi connectivity index (χ1) is 10.5. The molecule has 2 nitrogen and oxygen atoms in total. The molecule has 22 heavy (non-hydrogen) atoms. The Morgan fingerprint density at radius 1 is 0.955 bits per heavy atom. The van der Waals surface area contributed by atoms with E-state index >= 15 is 0 Å². The van der Waals surface area contributed by atoms with Gasteiger partial charge in [0.1, 0.15) is 5.82 Å². The van der Waals surface area contributed by atoms with Crippen LogP contribution in [-0.4, -0.2) is 9.97 Å². The minimum Gasteiger partial charge on any atom is -0.345 e. The number of halogens is 3. The molecule has 1 aromatic heterocycles. The minimum absolute atomic E-state index is 0.750. The molecule has 5 heteroatoms. The summed E-state index contributed by atoms with van der Waals surface area (Å²) in [6.07, 6.45) is 0.750. The van der Waals surface area contributed by atoms with Gasteiger partial charge in [0.05, 0.1) is 5.69 Å². The molecule has 0 aliphatic carbocycles. The summed E-state index contributed by atoms with van der Waals surface area (Å²) >= 11 is 10.7. The van der Waals surface area contributed by atoms with Crippen LogP contribution < -0.4 is 0 Å². The molecule has 0 amide bonds. The van der Waals surface area contributed by atoms with Crippen molar-refractivity contribution in [3.05, 3.63) is 73.0 Å². The average molecular weight is 485 g/mol. The topological polar surface area (TPSA) is 28.7 Å². The van der Waals surface area contributed by atoms with Gasteiger partial charge in [0.15, 0.2) is 0 Å². The molecular weight excluding hydrogens is 472 g/mol. The van der Waals surface area contributed by atoms with Gasteiger partial charge < -0.3 is 4.98 Å². The second kappa shape index (κ2) is 6.69. The summed E-state index contributed by atoms with van der Waals surface area (Å²) in [4.78, 5) is 8.16. The van der Waals surface area contributed by atoms with Crippen LogP contribution in [0.15, 0.2) is 55.9 Å². The second-order valence-electron chi connectivity index (χ2n) is 5.06. The van der Waals surface area contributed by atoms with Gasteiger partial charge in [-0.15, -0.1) is 0 Å². The average Bonchev–Trinajstić information content (AvgIpc) is 2.86. The lowest BCUT2D eigenvalue weighted by molar-refractivity contribution is 1.01. The fourth-order valence-electron chi connectivity index (χ4n) is 2.36. The number of aryl methyl sites for hydroxylation is 1. The van der Waals surface area contributed by atoms with Crippen molar-refractivity contribution in [3.63, 3.8) is 0 Å². The van der Waals surface area contributed by atoms with Crippen molar-refractivity contribution in [1.82, 2.24) is 9.97 Å². The predicted molar refractivity (Wildman–Crippen MR) is 101 cm³/mol. The summed E-state index contributed by atoms with van der Waals surface area (Å²) in [5, 5.41) is 0. The Labute approximate surface area is 154 Å². The highest BCUT2D eigenvalue weighted by Crippen LogP contribution is 2.31. The maximum absolute atomic E-state index is 4.77. The number of hydrogen-bond acceptors (Lipinski definition) is 1. The predicted octanol–water partition coefficient (Wildman–Crippen LogP) is 6.26. The normalized spacial score (nSPS) is 10.9. The molecule has 1 N–H and O–H groups in total. The Morgan fingerprint density at radius 2 is 1.64 bits per heavy atom. The van der Waals surface area contributed by atoms with Crippen LogP contribution in [0, 0.1) is 6.92 Å². The standard InChI is InChI=1S/C17H13Br3N2/c1-10-17(11-5-3-2-4-6-11)22-16(21-10)8-12-7-14(19)15(20)9-13(12)18/h2-7,9H,8H2,1H3,(H,21,22). The zero-order chi connectivity index (χ0) is 15.7. The fourth-order valence-corrected chi connectivity index (χ4v) is 3.89. The van der Waals surface area contributed by atoms with Crippen LogP contribution in [0.3, 0.4) is 0 Å². The van der Waals surface area contributed by atoms with Crippen LogP contribution in [0.25, 0.3) is 11.3 Å². The number of nitrogens with zero attached hydrogens (tertiary/aromatic N) is 1. The molecule has 0 saturated carbocycles. The molecule has 112 valence electrons. The molecule has 3 aromatic rings. The third kappa shape index (κ3) is 3.36. The first-order valence-electron chi connectivity index (χ1n) is 6.79. The molecule has 0 fully saturated rings. The molecule has 0 aliphatic heterocycles. The number of rotatable bonds is 3. The van der Waals surface area contributed by atoms with E-state index in [0.717, 1.165) is 42.6 Å². The van der Waals surface area contributed by atoms with Crippen molar-refractivity contribution in [2.75, 3.05) is 0 Å². The summed E-state index contributed by atoms with van der Waals surface area (Å²) in [6.45, 7) is 2.06. The Morgan fingerprint density at radius 3 is 2.36 bits per heavy atom. The summed E-state index contributed by atoms with van der Waals surface area (Å²) in [6, 6.07) is 14.4. The van der Waals surface area contributed by atoms with Gasteiger partial charge in [0.25, 0.3) is 0 Å². The molecule has 0 saturated heterocycles. The van der Waals surface area contributed by atoms with Gasteiger partial charge in [0, 0.05) is 31.1 Å². The number of benzene rings is 2. The lowest BCUT2D eigenvalue weighted by atomic mass is 10.1. The van der Waals surface area contributed by atoms with E-state index in [2.05, 4.69) is 77.9 Å². The van der Waals surface area contributed by atoms with Crippen molar-refractivity contribution in [2.45, 2.75) is 13.3 Å². The lowest BCUT2D eigenvalue weighted by Crippen LogP contribution is -1.93. The van der Waals surface area contributed by atoms with Crippen LogP contribution in [-0.2, 0) is 6.42 Å². The molecule has 0 radical (unpaired) electrons. The van der Waals surface area contributed by atoms with Crippen molar-refractivity contribution < 1.29 is 0 Å². The van der Waals surface area contributed by atoms with Crippen molar-refractivity contribution in [2.24, 2.45) is 0 Å². The number of imidazole rings is 1. The highest BCUT2D eigenvalue weighted by molar-refractivity contribution is 9.13. The number of aromatic nitrogens is 2. The second-order valence-corrected chi connectivity index (χ2v) is 7.62. The van der Waals surface area contributed by atoms with E-state index in [-0.39, 0.29) is 0 Å². The highest BCUT2D eigenvalue weighted by Gasteiger charge is 2.12. The molecule has 2 aromatic carbocycles. The van der Waals surface area contributed by atoms with Crippen LogP contribution in [0.1, 0.15) is 17.1 Å². The Balaban J connectivity index is 1.93. The zero-order valence-corrected chi connectivity index (χ0v) is 16.6. The fraction of sp³-hybridized carbons (Fsp3) is 0.118. The van der Waals surface area contributed by atoms with Crippen LogP contribution in [0.2, 0.25) is 0 Å². The van der Waals surface area contributed by atoms with Gasteiger partial charge >= 0.3 is 0 Å². The largest absolute Gasteiger partial charge is 0.345 e. The van der Waals surface area contributed by atoms with E-state index < -0.39 is 0 Å². The van der Waals surface area contributed by atoms with Gasteiger partial charge in [-0.25, -0.2) is 4.98 Å². The minimum atomic E-state index is 0.750. The molecule has 0 unspecified atom stereocenters. The lowest BCUT2D eigenvalue weighted by Gasteiger charge is -2.05. The number of nitrogens with one attached hydrogen (secondary N) is 1. The maximum Gasteiger partial charge on any atom is 0.111 e. The Bertz CT molecular complexity index is 810. The molecule has 0 aliphatic rings. The molecule has 0 bridgehead atoms. The van der Waals surface area contributed by atoms with Crippen molar-refractivity contribution in [1.29, 1.82) is 0 Å². The maximum atomic E-state index is 4.77. The number of hydrogen-bond donors (Lipinski definition) is 1. The molecule has 3 rings (SSSR count). The summed E-state index contributed by atoms with van der Waals surface area (Å²) in [7, 11) is 0. The summed E-state index contributed by atoms with van der Waals surface area (Å²) < 4.78 is 3.14. The van der Waals surface area contributed by atoms with Crippen LogP contribution in [0.5, 0.6) is 0 Å². The van der Waals surface area contributed by atoms with Gasteiger partial charge in [-0.05, 0) is 56.5 Å². The van der Waals surface area contributed by atoms with Gasteiger partial charge in [-0.3, -0.25) is 0 Å². The molecule has 1 heterocycles. The molecule has 0 spiro atoms. The van der Waals surface area contributed by atoms with Gasteiger partial charge in [-0.1, -0.05) is 46.3 Å². The van der Waals surface area contributed by atoms with E-state index in [4.69, 9.17) is 4.98 Å². The number of H-pyrrole nitrogens is 1. The van der Waals surface area contributed by atoms with Gasteiger partial charge in [0.2, 0.25) is 0 Å². The third-order valence-corrected chi connectivity index (χ3v) is 6.01. The monoisotopic (exact) mass is 482 g/mol. The van der Waals surface area contributed by atoms with Crippen molar-refractivity contribution >= 4 is 47.8 Å². The first kappa shape index (κ1) is 16.0. The van der Waals surface area contributed by atoms with Crippen LogP contribution >= 0.6 is 47.8 Å². The van der Waals surface area contributed by atoms with E-state index in [1.54, 1.807) is 0 Å². The Kier molecular flexibility index (Phi) is 4.85. The summed E-state index contributed by atoms with van der Waals surface area (Å²) in [5.41, 5.74) is 4.43. The van der Waals surface area contributed by atoms with E-state index in [9.17, 15) is 0 Å².